The smallest absolute Gasteiger partial charge is 0.355 e. The van der Waals surface area contributed by atoms with E-state index in [0.29, 0.717) is 22.4 Å². The highest BCUT2D eigenvalue weighted by Crippen LogP contribution is 2.24. The number of halogens is 1. The minimum Gasteiger partial charge on any atom is -0.461 e. The summed E-state index contributed by atoms with van der Waals surface area (Å²) in [7, 11) is 0. The lowest BCUT2D eigenvalue weighted by Crippen LogP contribution is -2.47. The summed E-state index contributed by atoms with van der Waals surface area (Å²) >= 11 is 0. The van der Waals surface area contributed by atoms with Crippen LogP contribution in [0.5, 0.6) is 0 Å². The van der Waals surface area contributed by atoms with Crippen LogP contribution in [0.1, 0.15) is 70.2 Å². The normalized spacial score (nSPS) is 12.0. The summed E-state index contributed by atoms with van der Waals surface area (Å²) in [6.07, 6.45) is 0. The highest BCUT2D eigenvalue weighted by Gasteiger charge is 2.33. The van der Waals surface area contributed by atoms with E-state index in [0.717, 1.165) is 0 Å². The van der Waals surface area contributed by atoms with E-state index in [1.165, 1.54) is 29.2 Å². The first-order valence-electron chi connectivity index (χ1n) is 9.58. The molecule has 29 heavy (non-hydrogen) atoms. The van der Waals surface area contributed by atoms with E-state index in [4.69, 9.17) is 4.74 Å². The zero-order valence-corrected chi connectivity index (χ0v) is 17.6. The number of ether oxygens (including phenoxy) is 1. The van der Waals surface area contributed by atoms with Gasteiger partial charge in [-0.3, -0.25) is 9.59 Å². The number of hydrogen-bond donors (Lipinski definition) is 1. The number of amides is 1. The monoisotopic (exact) mass is 402 g/mol. The minimum absolute atomic E-state index is 0.226. The molecule has 0 saturated heterocycles. The SMILES string of the molecule is CCOC(=O)c1[nH]c(C)c(C(=O)C(C)N(C(=O)c2ccc(F)cc2)C(C)C)c1C. The first-order valence-corrected chi connectivity index (χ1v) is 9.58. The summed E-state index contributed by atoms with van der Waals surface area (Å²) in [6.45, 7) is 10.6. The van der Waals surface area contributed by atoms with Crippen molar-refractivity contribution < 1.29 is 23.5 Å². The van der Waals surface area contributed by atoms with Crippen LogP contribution in [0.3, 0.4) is 0 Å². The van der Waals surface area contributed by atoms with E-state index < -0.39 is 17.8 Å². The molecule has 0 spiro atoms. The average molecular weight is 402 g/mol. The molecule has 0 bridgehead atoms. The number of aromatic amines is 1. The van der Waals surface area contributed by atoms with Crippen LogP contribution in [0.25, 0.3) is 0 Å². The molecule has 1 atom stereocenters. The standard InChI is InChI=1S/C22H27FN2O4/c1-7-29-22(28)19-13(4)18(14(5)24-19)20(26)15(6)25(12(2)3)21(27)16-8-10-17(23)11-9-16/h8-12,15,24H,7H2,1-6H3. The van der Waals surface area contributed by atoms with E-state index in [2.05, 4.69) is 4.98 Å². The van der Waals surface area contributed by atoms with E-state index in [-0.39, 0.29) is 30.0 Å². The number of Topliss-reactive ketones (excluding diaryl/α,β-unsaturated/α-hetero) is 1. The van der Waals surface area contributed by atoms with Crippen molar-refractivity contribution in [3.63, 3.8) is 0 Å². The molecule has 0 aliphatic rings. The van der Waals surface area contributed by atoms with Crippen molar-refractivity contribution >= 4 is 17.7 Å². The van der Waals surface area contributed by atoms with Crippen LogP contribution in [0.4, 0.5) is 4.39 Å². The summed E-state index contributed by atoms with van der Waals surface area (Å²) in [5.41, 5.74) is 1.95. The number of ketones is 1. The molecule has 2 rings (SSSR count). The molecule has 7 heteroatoms. The highest BCUT2D eigenvalue weighted by molar-refractivity contribution is 6.07. The number of hydrogen-bond acceptors (Lipinski definition) is 4. The second-order valence-corrected chi connectivity index (χ2v) is 7.20. The Morgan fingerprint density at radius 2 is 1.69 bits per heavy atom. The van der Waals surface area contributed by atoms with Crippen molar-refractivity contribution in [3.05, 3.63) is 58.2 Å². The Kier molecular flexibility index (Phi) is 6.95. The summed E-state index contributed by atoms with van der Waals surface area (Å²) in [5.74, 6) is -1.61. The van der Waals surface area contributed by atoms with Gasteiger partial charge in [-0.15, -0.1) is 0 Å². The van der Waals surface area contributed by atoms with Gasteiger partial charge < -0.3 is 14.6 Å². The van der Waals surface area contributed by atoms with Crippen LogP contribution in [0.2, 0.25) is 0 Å². The molecule has 1 amide bonds. The molecule has 0 saturated carbocycles. The number of nitrogens with one attached hydrogen (secondary N) is 1. The van der Waals surface area contributed by atoms with Gasteiger partial charge in [0.25, 0.3) is 5.91 Å². The molecule has 0 aliphatic carbocycles. The van der Waals surface area contributed by atoms with Crippen LogP contribution >= 0.6 is 0 Å². The van der Waals surface area contributed by atoms with Gasteiger partial charge in [-0.1, -0.05) is 0 Å². The maximum Gasteiger partial charge on any atom is 0.355 e. The molecule has 0 aliphatic heterocycles. The second-order valence-electron chi connectivity index (χ2n) is 7.20. The largest absolute Gasteiger partial charge is 0.461 e. The fraction of sp³-hybridized carbons (Fsp3) is 0.409. The Labute approximate surface area is 170 Å². The van der Waals surface area contributed by atoms with Crippen LogP contribution in [0, 0.1) is 19.7 Å². The molecule has 1 aromatic carbocycles. The second kappa shape index (κ2) is 9.03. The third-order valence-electron chi connectivity index (χ3n) is 4.84. The Morgan fingerprint density at radius 3 is 2.21 bits per heavy atom. The van der Waals surface area contributed by atoms with E-state index in [1.54, 1.807) is 27.7 Å². The third-order valence-corrected chi connectivity index (χ3v) is 4.84. The quantitative estimate of drug-likeness (QED) is 0.559. The molecule has 1 aromatic heterocycles. The maximum absolute atomic E-state index is 13.3. The Morgan fingerprint density at radius 1 is 1.10 bits per heavy atom. The van der Waals surface area contributed by atoms with Gasteiger partial charge in [0.15, 0.2) is 5.78 Å². The summed E-state index contributed by atoms with van der Waals surface area (Å²) in [5, 5.41) is 0. The predicted octanol–water partition coefficient (Wildman–Crippen LogP) is 4.07. The zero-order chi connectivity index (χ0) is 21.9. The number of nitrogens with zero attached hydrogens (tertiary/aromatic N) is 1. The van der Waals surface area contributed by atoms with Gasteiger partial charge in [0.2, 0.25) is 0 Å². The van der Waals surface area contributed by atoms with Crippen molar-refractivity contribution in [1.29, 1.82) is 0 Å². The van der Waals surface area contributed by atoms with E-state index >= 15 is 0 Å². The third kappa shape index (κ3) is 4.55. The molecule has 1 heterocycles. The number of carbonyl (C=O) groups is 3. The van der Waals surface area contributed by atoms with Crippen LogP contribution in [0.15, 0.2) is 24.3 Å². The van der Waals surface area contributed by atoms with E-state index in [1.807, 2.05) is 13.8 Å². The van der Waals surface area contributed by atoms with Gasteiger partial charge in [-0.05, 0) is 71.4 Å². The number of aryl methyl sites for hydroxylation is 1. The van der Waals surface area contributed by atoms with Gasteiger partial charge in [0.1, 0.15) is 11.5 Å². The predicted molar refractivity (Wildman–Crippen MR) is 108 cm³/mol. The van der Waals surface area contributed by atoms with Gasteiger partial charge >= 0.3 is 5.97 Å². The molecule has 6 nitrogen and oxygen atoms in total. The minimum atomic E-state index is -0.782. The molecule has 1 unspecified atom stereocenters. The molecular weight excluding hydrogens is 375 g/mol. The van der Waals surface area contributed by atoms with Gasteiger partial charge in [-0.25, -0.2) is 9.18 Å². The van der Waals surface area contributed by atoms with Gasteiger partial charge in [-0.2, -0.15) is 0 Å². The Balaban J connectivity index is 2.39. The first-order chi connectivity index (χ1) is 13.6. The fourth-order valence-electron chi connectivity index (χ4n) is 3.46. The van der Waals surface area contributed by atoms with Crippen molar-refractivity contribution in [2.45, 2.75) is 53.6 Å². The lowest BCUT2D eigenvalue weighted by molar-refractivity contribution is 0.0518. The number of benzene rings is 1. The van der Waals surface area contributed by atoms with Crippen molar-refractivity contribution in [2.24, 2.45) is 0 Å². The molecule has 2 aromatic rings. The van der Waals surface area contributed by atoms with Crippen molar-refractivity contribution in [2.75, 3.05) is 6.61 Å². The summed E-state index contributed by atoms with van der Waals surface area (Å²) in [4.78, 5) is 42.8. The number of esters is 1. The summed E-state index contributed by atoms with van der Waals surface area (Å²) in [6, 6.07) is 4.17. The lowest BCUT2D eigenvalue weighted by Gasteiger charge is -2.32. The lowest BCUT2D eigenvalue weighted by atomic mass is 9.98. The molecule has 1 N–H and O–H groups in total. The average Bonchev–Trinajstić information content (AvgIpc) is 2.96. The Bertz CT molecular complexity index is 916. The number of aromatic nitrogens is 1. The molecular formula is C22H27FN2O4. The van der Waals surface area contributed by atoms with Crippen molar-refractivity contribution in [3.8, 4) is 0 Å². The molecule has 0 radical (unpaired) electrons. The van der Waals surface area contributed by atoms with Crippen molar-refractivity contribution in [1.82, 2.24) is 9.88 Å². The van der Waals surface area contributed by atoms with Crippen LogP contribution in [-0.2, 0) is 4.74 Å². The van der Waals surface area contributed by atoms with Crippen LogP contribution < -0.4 is 0 Å². The summed E-state index contributed by atoms with van der Waals surface area (Å²) < 4.78 is 18.2. The Hall–Kier alpha value is -2.96. The van der Waals surface area contributed by atoms with Crippen LogP contribution in [-0.4, -0.2) is 46.2 Å². The van der Waals surface area contributed by atoms with Gasteiger partial charge in [0, 0.05) is 22.9 Å². The maximum atomic E-state index is 13.3. The van der Waals surface area contributed by atoms with Gasteiger partial charge in [0.05, 0.1) is 12.6 Å². The molecule has 0 fully saturated rings. The number of H-pyrrole nitrogens is 1. The zero-order valence-electron chi connectivity index (χ0n) is 17.6. The molecule has 156 valence electrons. The first kappa shape index (κ1) is 22.3. The fourth-order valence-corrected chi connectivity index (χ4v) is 3.46. The topological polar surface area (TPSA) is 79.5 Å². The van der Waals surface area contributed by atoms with E-state index in [9.17, 15) is 18.8 Å². The number of carbonyl (C=O) groups excluding carboxylic acids is 3. The number of rotatable bonds is 7. The highest BCUT2D eigenvalue weighted by atomic mass is 19.1.